The third kappa shape index (κ3) is 4.26. The monoisotopic (exact) mass is 259 g/mol. The van der Waals surface area contributed by atoms with Crippen molar-refractivity contribution < 1.29 is 8.42 Å². The Morgan fingerprint density at radius 1 is 1.41 bits per heavy atom. The Morgan fingerprint density at radius 2 is 2.00 bits per heavy atom. The van der Waals surface area contributed by atoms with Crippen LogP contribution in [0.2, 0.25) is 0 Å². The summed E-state index contributed by atoms with van der Waals surface area (Å²) in [5, 5.41) is 7.84. The Labute approximate surface area is 104 Å². The van der Waals surface area contributed by atoms with Gasteiger partial charge in [0.15, 0.2) is 5.25 Å². The van der Waals surface area contributed by atoms with Gasteiger partial charge in [-0.2, -0.15) is 5.26 Å². The lowest BCUT2D eigenvalue weighted by Gasteiger charge is -2.22. The van der Waals surface area contributed by atoms with Gasteiger partial charge in [-0.05, 0) is 39.3 Å². The zero-order chi connectivity index (χ0) is 12.9. The Hall–Kier alpha value is -0.640. The summed E-state index contributed by atoms with van der Waals surface area (Å²) in [6.45, 7) is 6.36. The molecule has 2 unspecified atom stereocenters. The fourth-order valence-corrected chi connectivity index (χ4v) is 3.51. The molecule has 1 N–H and O–H groups in total. The van der Waals surface area contributed by atoms with E-state index < -0.39 is 15.3 Å². The maximum absolute atomic E-state index is 11.8. The van der Waals surface area contributed by atoms with Crippen molar-refractivity contribution in [2.24, 2.45) is 0 Å². The molecule has 0 spiro atoms. The van der Waals surface area contributed by atoms with Crippen LogP contribution in [0.15, 0.2) is 0 Å². The molecule has 0 saturated carbocycles. The fraction of sp³-hybridized carbons (Fsp3) is 0.909. The van der Waals surface area contributed by atoms with E-state index in [1.54, 1.807) is 6.92 Å². The van der Waals surface area contributed by atoms with Gasteiger partial charge >= 0.3 is 0 Å². The number of rotatable bonds is 6. The first-order valence-electron chi connectivity index (χ1n) is 6.12. The van der Waals surface area contributed by atoms with E-state index >= 15 is 0 Å². The van der Waals surface area contributed by atoms with Crippen molar-refractivity contribution in [1.29, 1.82) is 5.26 Å². The summed E-state index contributed by atoms with van der Waals surface area (Å²) < 4.78 is 26.2. The van der Waals surface area contributed by atoms with Gasteiger partial charge in [0.25, 0.3) is 0 Å². The maximum Gasteiger partial charge on any atom is 0.228 e. The molecular weight excluding hydrogens is 238 g/mol. The molecule has 1 saturated heterocycles. The molecule has 1 rings (SSSR count). The van der Waals surface area contributed by atoms with Crippen molar-refractivity contribution in [3.8, 4) is 6.07 Å². The van der Waals surface area contributed by atoms with Crippen molar-refractivity contribution in [2.45, 2.75) is 44.4 Å². The van der Waals surface area contributed by atoms with Crippen LogP contribution in [0.4, 0.5) is 0 Å². The van der Waals surface area contributed by atoms with Crippen LogP contribution in [0.25, 0.3) is 0 Å². The quantitative estimate of drug-likeness (QED) is 0.762. The van der Waals surface area contributed by atoms with Gasteiger partial charge in [-0.3, -0.25) is 0 Å². The van der Waals surface area contributed by atoms with Crippen molar-refractivity contribution in [3.63, 3.8) is 0 Å². The maximum atomic E-state index is 11.8. The minimum Gasteiger partial charge on any atom is -0.302 e. The highest BCUT2D eigenvalue weighted by Gasteiger charge is 2.26. The number of nitrogens with zero attached hydrogens (tertiary/aromatic N) is 2. The standard InChI is InChI=1S/C11H21N3O2S/c1-3-11(8-12)17(15,16)13-10(2)9-14-6-4-5-7-14/h10-11,13H,3-7,9H2,1-2H3. The van der Waals surface area contributed by atoms with Gasteiger partial charge in [0, 0.05) is 12.6 Å². The van der Waals surface area contributed by atoms with Gasteiger partial charge in [0.2, 0.25) is 10.0 Å². The van der Waals surface area contributed by atoms with E-state index in [2.05, 4.69) is 9.62 Å². The Bertz CT molecular complexity index is 369. The average Bonchev–Trinajstić information content (AvgIpc) is 2.70. The molecule has 0 amide bonds. The number of hydrogen-bond acceptors (Lipinski definition) is 4. The first kappa shape index (κ1) is 14.4. The highest BCUT2D eigenvalue weighted by Crippen LogP contribution is 2.09. The second kappa shape index (κ2) is 6.34. The van der Waals surface area contributed by atoms with Crippen LogP contribution in [0.3, 0.4) is 0 Å². The molecule has 1 aliphatic rings. The summed E-state index contributed by atoms with van der Waals surface area (Å²) in [7, 11) is -3.50. The second-order valence-electron chi connectivity index (χ2n) is 4.60. The molecule has 0 aromatic carbocycles. The van der Waals surface area contributed by atoms with Crippen LogP contribution < -0.4 is 4.72 Å². The molecule has 1 aliphatic heterocycles. The van der Waals surface area contributed by atoms with Gasteiger partial charge in [-0.25, -0.2) is 13.1 Å². The third-order valence-electron chi connectivity index (χ3n) is 2.99. The molecular formula is C11H21N3O2S. The summed E-state index contributed by atoms with van der Waals surface area (Å²) in [6.07, 6.45) is 2.70. The first-order valence-corrected chi connectivity index (χ1v) is 7.67. The molecule has 0 radical (unpaired) electrons. The van der Waals surface area contributed by atoms with E-state index in [1.165, 1.54) is 12.8 Å². The summed E-state index contributed by atoms with van der Waals surface area (Å²) in [4.78, 5) is 2.25. The predicted molar refractivity (Wildman–Crippen MR) is 66.9 cm³/mol. The van der Waals surface area contributed by atoms with Gasteiger partial charge in [0.05, 0.1) is 6.07 Å². The number of nitrogens with one attached hydrogen (secondary N) is 1. The smallest absolute Gasteiger partial charge is 0.228 e. The van der Waals surface area contributed by atoms with Crippen LogP contribution in [-0.4, -0.2) is 44.2 Å². The Kier molecular flexibility index (Phi) is 5.37. The zero-order valence-corrected chi connectivity index (χ0v) is 11.3. The van der Waals surface area contributed by atoms with E-state index in [1.807, 2.05) is 13.0 Å². The van der Waals surface area contributed by atoms with Crippen LogP contribution in [0.1, 0.15) is 33.1 Å². The van der Waals surface area contributed by atoms with Gasteiger partial charge in [0.1, 0.15) is 0 Å². The van der Waals surface area contributed by atoms with Crippen LogP contribution in [0, 0.1) is 11.3 Å². The fourth-order valence-electron chi connectivity index (χ4n) is 2.13. The van der Waals surface area contributed by atoms with Crippen LogP contribution in [-0.2, 0) is 10.0 Å². The largest absolute Gasteiger partial charge is 0.302 e. The van der Waals surface area contributed by atoms with Crippen molar-refractivity contribution in [2.75, 3.05) is 19.6 Å². The third-order valence-corrected chi connectivity index (χ3v) is 4.90. The summed E-state index contributed by atoms with van der Waals surface area (Å²) in [6, 6.07) is 1.69. The first-order chi connectivity index (χ1) is 7.99. The van der Waals surface area contributed by atoms with Crippen molar-refractivity contribution in [1.82, 2.24) is 9.62 Å². The molecule has 1 fully saturated rings. The molecule has 98 valence electrons. The Morgan fingerprint density at radius 3 is 2.47 bits per heavy atom. The minimum atomic E-state index is -3.50. The van der Waals surface area contributed by atoms with E-state index in [4.69, 9.17) is 5.26 Å². The molecule has 5 nitrogen and oxygen atoms in total. The lowest BCUT2D eigenvalue weighted by atomic mass is 10.3. The number of nitriles is 1. The predicted octanol–water partition coefficient (Wildman–Crippen LogP) is 0.692. The zero-order valence-electron chi connectivity index (χ0n) is 10.5. The molecule has 0 aromatic heterocycles. The summed E-state index contributed by atoms with van der Waals surface area (Å²) in [5.41, 5.74) is 0. The van der Waals surface area contributed by atoms with Gasteiger partial charge in [-0.15, -0.1) is 0 Å². The summed E-state index contributed by atoms with van der Waals surface area (Å²) >= 11 is 0. The van der Waals surface area contributed by atoms with Crippen LogP contribution >= 0.6 is 0 Å². The normalized spacial score (nSPS) is 21.0. The van der Waals surface area contributed by atoms with Crippen molar-refractivity contribution in [3.05, 3.63) is 0 Å². The Balaban J connectivity index is 2.49. The van der Waals surface area contributed by atoms with Gasteiger partial charge in [-0.1, -0.05) is 6.92 Å². The average molecular weight is 259 g/mol. The topological polar surface area (TPSA) is 73.2 Å². The molecule has 0 aliphatic carbocycles. The lowest BCUT2D eigenvalue weighted by Crippen LogP contribution is -2.44. The van der Waals surface area contributed by atoms with Crippen molar-refractivity contribution >= 4 is 10.0 Å². The molecule has 1 heterocycles. The SMILES string of the molecule is CCC(C#N)S(=O)(=O)NC(C)CN1CCCC1. The molecule has 17 heavy (non-hydrogen) atoms. The number of sulfonamides is 1. The highest BCUT2D eigenvalue weighted by atomic mass is 32.2. The molecule has 6 heteroatoms. The minimum absolute atomic E-state index is 0.138. The molecule has 0 aromatic rings. The molecule has 0 bridgehead atoms. The lowest BCUT2D eigenvalue weighted by molar-refractivity contribution is 0.312. The van der Waals surface area contributed by atoms with E-state index in [0.717, 1.165) is 19.6 Å². The van der Waals surface area contributed by atoms with E-state index in [-0.39, 0.29) is 6.04 Å². The van der Waals surface area contributed by atoms with E-state index in [9.17, 15) is 8.42 Å². The van der Waals surface area contributed by atoms with Crippen LogP contribution in [0.5, 0.6) is 0 Å². The van der Waals surface area contributed by atoms with Gasteiger partial charge < -0.3 is 4.90 Å². The highest BCUT2D eigenvalue weighted by molar-refractivity contribution is 7.90. The van der Waals surface area contributed by atoms with E-state index in [0.29, 0.717) is 6.42 Å². The number of hydrogen-bond donors (Lipinski definition) is 1. The summed E-state index contributed by atoms with van der Waals surface area (Å²) in [5.74, 6) is 0. The molecule has 2 atom stereocenters. The second-order valence-corrected chi connectivity index (χ2v) is 6.49. The number of likely N-dealkylation sites (tertiary alicyclic amines) is 1.